The molecule has 0 atom stereocenters. The van der Waals surface area contributed by atoms with Crippen molar-refractivity contribution >= 4 is 39.9 Å². The van der Waals surface area contributed by atoms with Gasteiger partial charge in [0, 0.05) is 21.9 Å². The lowest BCUT2D eigenvalue weighted by Gasteiger charge is -2.10. The number of esters is 1. The Kier molecular flexibility index (Phi) is 4.32. The molecule has 0 unspecified atom stereocenters. The molecule has 1 aromatic heterocycles. The van der Waals surface area contributed by atoms with Gasteiger partial charge in [0.25, 0.3) is 5.69 Å². The van der Waals surface area contributed by atoms with Crippen LogP contribution in [-0.2, 0) is 4.74 Å². The SMILES string of the molecule is COC(=O)c1c(N)c(C#N)cn1-c1cc([N+](=O)[O-])ccc1I. The molecule has 1 aromatic carbocycles. The quantitative estimate of drug-likeness (QED) is 0.357. The Morgan fingerprint density at radius 1 is 1.55 bits per heavy atom. The fourth-order valence-electron chi connectivity index (χ4n) is 1.90. The molecule has 2 rings (SSSR count). The minimum atomic E-state index is -0.735. The van der Waals surface area contributed by atoms with Crippen LogP contribution in [-0.4, -0.2) is 22.6 Å². The predicted molar refractivity (Wildman–Crippen MR) is 85.6 cm³/mol. The van der Waals surface area contributed by atoms with E-state index >= 15 is 0 Å². The van der Waals surface area contributed by atoms with Crippen molar-refractivity contribution in [3.05, 3.63) is 49.3 Å². The van der Waals surface area contributed by atoms with Crippen molar-refractivity contribution in [3.8, 4) is 11.8 Å². The first kappa shape index (κ1) is 15.8. The Morgan fingerprint density at radius 2 is 2.23 bits per heavy atom. The van der Waals surface area contributed by atoms with Gasteiger partial charge >= 0.3 is 5.97 Å². The molecular formula is C13H9IN4O4. The van der Waals surface area contributed by atoms with Gasteiger partial charge in [-0.15, -0.1) is 0 Å². The zero-order valence-electron chi connectivity index (χ0n) is 11.2. The molecule has 0 aliphatic carbocycles. The van der Waals surface area contributed by atoms with E-state index in [9.17, 15) is 14.9 Å². The fraction of sp³-hybridized carbons (Fsp3) is 0.0769. The number of anilines is 1. The van der Waals surface area contributed by atoms with Crippen LogP contribution in [0.3, 0.4) is 0 Å². The summed E-state index contributed by atoms with van der Waals surface area (Å²) in [6, 6.07) is 6.06. The highest BCUT2D eigenvalue weighted by Gasteiger charge is 2.23. The molecule has 1 heterocycles. The van der Waals surface area contributed by atoms with E-state index in [-0.39, 0.29) is 22.6 Å². The van der Waals surface area contributed by atoms with Crippen LogP contribution in [0.15, 0.2) is 24.4 Å². The van der Waals surface area contributed by atoms with Gasteiger partial charge in [-0.25, -0.2) is 4.79 Å². The van der Waals surface area contributed by atoms with E-state index in [0.29, 0.717) is 9.26 Å². The largest absolute Gasteiger partial charge is 0.464 e. The molecule has 2 N–H and O–H groups in total. The smallest absolute Gasteiger partial charge is 0.357 e. The average Bonchev–Trinajstić information content (AvgIpc) is 2.83. The number of carbonyl (C=O) groups is 1. The Bertz CT molecular complexity index is 822. The summed E-state index contributed by atoms with van der Waals surface area (Å²) >= 11 is 1.97. The molecule has 8 nitrogen and oxygen atoms in total. The van der Waals surface area contributed by atoms with Crippen LogP contribution in [0.4, 0.5) is 11.4 Å². The maximum atomic E-state index is 11.9. The second-order valence-corrected chi connectivity index (χ2v) is 5.33. The van der Waals surface area contributed by atoms with Crippen LogP contribution >= 0.6 is 22.6 Å². The molecule has 22 heavy (non-hydrogen) atoms. The number of nitrogens with zero attached hydrogens (tertiary/aromatic N) is 3. The van der Waals surface area contributed by atoms with E-state index < -0.39 is 10.9 Å². The number of hydrogen-bond acceptors (Lipinski definition) is 6. The second kappa shape index (κ2) is 6.02. The molecule has 0 aliphatic heterocycles. The second-order valence-electron chi connectivity index (χ2n) is 4.17. The first-order chi connectivity index (χ1) is 10.4. The third-order valence-electron chi connectivity index (χ3n) is 2.94. The van der Waals surface area contributed by atoms with E-state index in [0.717, 1.165) is 0 Å². The number of nitriles is 1. The van der Waals surface area contributed by atoms with Gasteiger partial charge in [-0.1, -0.05) is 0 Å². The summed E-state index contributed by atoms with van der Waals surface area (Å²) in [5, 5.41) is 20.0. The van der Waals surface area contributed by atoms with Gasteiger partial charge in [0.1, 0.15) is 6.07 Å². The van der Waals surface area contributed by atoms with Gasteiger partial charge in [-0.05, 0) is 28.7 Å². The van der Waals surface area contributed by atoms with Crippen molar-refractivity contribution in [2.24, 2.45) is 0 Å². The Hall–Kier alpha value is -2.61. The van der Waals surface area contributed by atoms with Gasteiger partial charge in [0.2, 0.25) is 0 Å². The van der Waals surface area contributed by atoms with E-state index in [2.05, 4.69) is 4.74 Å². The third-order valence-corrected chi connectivity index (χ3v) is 3.86. The molecule has 2 aromatic rings. The summed E-state index contributed by atoms with van der Waals surface area (Å²) in [6.07, 6.45) is 1.35. The number of benzene rings is 1. The van der Waals surface area contributed by atoms with Gasteiger partial charge in [-0.3, -0.25) is 10.1 Å². The van der Waals surface area contributed by atoms with Crippen molar-refractivity contribution in [1.29, 1.82) is 5.26 Å². The normalized spacial score (nSPS) is 10.0. The Morgan fingerprint density at radius 3 is 2.77 bits per heavy atom. The number of non-ortho nitro benzene ring substituents is 1. The van der Waals surface area contributed by atoms with Gasteiger partial charge in [-0.2, -0.15) is 5.26 Å². The van der Waals surface area contributed by atoms with Crippen molar-refractivity contribution < 1.29 is 14.5 Å². The summed E-state index contributed by atoms with van der Waals surface area (Å²) in [5.74, 6) is -0.735. The van der Waals surface area contributed by atoms with Crippen LogP contribution in [0.5, 0.6) is 0 Å². The lowest BCUT2D eigenvalue weighted by molar-refractivity contribution is -0.384. The fourth-order valence-corrected chi connectivity index (χ4v) is 2.50. The minimum absolute atomic E-state index is 0.0309. The molecule has 0 bridgehead atoms. The number of nitrogen functional groups attached to an aromatic ring is 1. The minimum Gasteiger partial charge on any atom is -0.464 e. The number of ether oxygens (including phenoxy) is 1. The monoisotopic (exact) mass is 412 g/mol. The average molecular weight is 412 g/mol. The molecule has 9 heteroatoms. The zero-order chi connectivity index (χ0) is 16.4. The highest BCUT2D eigenvalue weighted by Crippen LogP contribution is 2.29. The number of nitro benzene ring substituents is 1. The van der Waals surface area contributed by atoms with Gasteiger partial charge in [0.05, 0.1) is 29.0 Å². The van der Waals surface area contributed by atoms with E-state index in [1.807, 2.05) is 28.7 Å². The van der Waals surface area contributed by atoms with E-state index in [4.69, 9.17) is 11.0 Å². The highest BCUT2D eigenvalue weighted by atomic mass is 127. The van der Waals surface area contributed by atoms with Crippen LogP contribution < -0.4 is 5.73 Å². The number of aromatic nitrogens is 1. The predicted octanol–water partition coefficient (Wildman–Crippen LogP) is 2.23. The summed E-state index contributed by atoms with van der Waals surface area (Å²) in [5.41, 5.74) is 6.03. The van der Waals surface area contributed by atoms with Crippen molar-refractivity contribution in [2.45, 2.75) is 0 Å². The van der Waals surface area contributed by atoms with E-state index in [1.165, 1.54) is 36.1 Å². The van der Waals surface area contributed by atoms with Crippen LogP contribution in [0.25, 0.3) is 5.69 Å². The van der Waals surface area contributed by atoms with Crippen LogP contribution in [0.2, 0.25) is 0 Å². The molecule has 0 saturated carbocycles. The maximum Gasteiger partial charge on any atom is 0.357 e. The lowest BCUT2D eigenvalue weighted by atomic mass is 10.2. The topological polar surface area (TPSA) is 124 Å². The van der Waals surface area contributed by atoms with E-state index in [1.54, 1.807) is 0 Å². The first-order valence-electron chi connectivity index (χ1n) is 5.84. The molecule has 0 spiro atoms. The molecule has 0 radical (unpaired) electrons. The zero-order valence-corrected chi connectivity index (χ0v) is 13.4. The van der Waals surface area contributed by atoms with Crippen molar-refractivity contribution in [1.82, 2.24) is 4.57 Å². The van der Waals surface area contributed by atoms with Gasteiger partial charge < -0.3 is 15.0 Å². The number of carbonyl (C=O) groups excluding carboxylic acids is 1. The first-order valence-corrected chi connectivity index (χ1v) is 6.92. The molecule has 0 saturated heterocycles. The summed E-state index contributed by atoms with van der Waals surface area (Å²) in [4.78, 5) is 22.3. The Labute approximate surface area is 138 Å². The molecule has 0 fully saturated rings. The standard InChI is InChI=1S/C13H9IN4O4/c1-22-13(19)12-11(16)7(5-15)6-17(12)10-4-8(18(20)21)2-3-9(10)14/h2-4,6H,16H2,1H3. The van der Waals surface area contributed by atoms with Gasteiger partial charge in [0.15, 0.2) is 5.69 Å². The number of halogens is 1. The molecule has 0 amide bonds. The Balaban J connectivity index is 2.78. The number of nitrogens with two attached hydrogens (primary N) is 1. The summed E-state index contributed by atoms with van der Waals surface area (Å²) in [7, 11) is 1.18. The molecule has 0 aliphatic rings. The number of rotatable bonds is 3. The molecule has 112 valence electrons. The summed E-state index contributed by atoms with van der Waals surface area (Å²) < 4.78 is 6.64. The third kappa shape index (κ3) is 2.60. The summed E-state index contributed by atoms with van der Waals surface area (Å²) in [6.45, 7) is 0. The van der Waals surface area contributed by atoms with Crippen LogP contribution in [0, 0.1) is 25.0 Å². The number of methoxy groups -OCH3 is 1. The highest BCUT2D eigenvalue weighted by molar-refractivity contribution is 14.1. The van der Waals surface area contributed by atoms with Crippen LogP contribution in [0.1, 0.15) is 16.1 Å². The maximum absolute atomic E-state index is 11.9. The number of nitro groups is 1. The molecular weight excluding hydrogens is 403 g/mol. The number of hydrogen-bond donors (Lipinski definition) is 1. The lowest BCUT2D eigenvalue weighted by Crippen LogP contribution is -2.12. The van der Waals surface area contributed by atoms with Crippen molar-refractivity contribution in [2.75, 3.05) is 12.8 Å². The van der Waals surface area contributed by atoms with Crippen molar-refractivity contribution in [3.63, 3.8) is 0 Å².